The zero-order valence-electron chi connectivity index (χ0n) is 17.6. The average Bonchev–Trinajstić information content (AvgIpc) is 2.59. The third kappa shape index (κ3) is 8.71. The molecule has 1 saturated heterocycles. The summed E-state index contributed by atoms with van der Waals surface area (Å²) in [6.45, 7) is 13.5. The van der Waals surface area contributed by atoms with Crippen molar-refractivity contribution in [3.8, 4) is 0 Å². The molecule has 1 atom stereocenters. The highest BCUT2D eigenvalue weighted by molar-refractivity contribution is 14.0. The summed E-state index contributed by atoms with van der Waals surface area (Å²) in [6.07, 6.45) is 3.34. The van der Waals surface area contributed by atoms with Gasteiger partial charge in [0.25, 0.3) is 0 Å². The van der Waals surface area contributed by atoms with Gasteiger partial charge in [-0.3, -0.25) is 4.99 Å². The fourth-order valence-corrected chi connectivity index (χ4v) is 3.22. The van der Waals surface area contributed by atoms with Crippen molar-refractivity contribution < 1.29 is 9.47 Å². The highest BCUT2D eigenvalue weighted by Crippen LogP contribution is 2.26. The van der Waals surface area contributed by atoms with Crippen LogP contribution in [0.5, 0.6) is 0 Å². The minimum absolute atomic E-state index is 0. The number of hydrogen-bond acceptors (Lipinski definition) is 4. The third-order valence-corrected chi connectivity index (χ3v) is 5.09. The fourth-order valence-electron chi connectivity index (χ4n) is 3.22. The summed E-state index contributed by atoms with van der Waals surface area (Å²) in [5.41, 5.74) is 0.104. The molecule has 0 aromatic heterocycles. The maximum absolute atomic E-state index is 5.83. The zero-order valence-corrected chi connectivity index (χ0v) is 20.0. The van der Waals surface area contributed by atoms with E-state index < -0.39 is 0 Å². The first-order chi connectivity index (χ1) is 11.9. The summed E-state index contributed by atoms with van der Waals surface area (Å²) in [6, 6.07) is 0. The molecule has 26 heavy (non-hydrogen) atoms. The third-order valence-electron chi connectivity index (χ3n) is 5.09. The standard InChI is InChI=1S/C19H40N4O2.HI/c1-7-20-18(21-12-9-17(16(3)4)25-8-2)22-15-19(23(5)6)10-13-24-14-11-19;/h16-17H,7-15H2,1-6H3,(H2,20,21,22);1H. The maximum Gasteiger partial charge on any atom is 0.191 e. The Morgan fingerprint density at radius 2 is 1.85 bits per heavy atom. The van der Waals surface area contributed by atoms with Crippen LogP contribution in [-0.4, -0.2) is 76.1 Å². The van der Waals surface area contributed by atoms with Gasteiger partial charge in [-0.2, -0.15) is 0 Å². The van der Waals surface area contributed by atoms with Gasteiger partial charge in [-0.05, 0) is 53.1 Å². The Hall–Kier alpha value is -0.120. The first-order valence-electron chi connectivity index (χ1n) is 9.84. The summed E-state index contributed by atoms with van der Waals surface area (Å²) in [5, 5.41) is 6.83. The van der Waals surface area contributed by atoms with Gasteiger partial charge in [0.15, 0.2) is 5.96 Å². The van der Waals surface area contributed by atoms with E-state index in [1.54, 1.807) is 0 Å². The predicted octanol–water partition coefficient (Wildman–Crippen LogP) is 2.72. The first kappa shape index (κ1) is 25.9. The van der Waals surface area contributed by atoms with E-state index in [4.69, 9.17) is 14.5 Å². The van der Waals surface area contributed by atoms with Crippen molar-refractivity contribution in [2.75, 3.05) is 53.6 Å². The molecule has 0 aromatic rings. The summed E-state index contributed by atoms with van der Waals surface area (Å²) in [7, 11) is 4.30. The summed E-state index contributed by atoms with van der Waals surface area (Å²) >= 11 is 0. The minimum Gasteiger partial charge on any atom is -0.381 e. The quantitative estimate of drug-likeness (QED) is 0.284. The van der Waals surface area contributed by atoms with Crippen molar-refractivity contribution in [1.29, 1.82) is 0 Å². The van der Waals surface area contributed by atoms with Gasteiger partial charge in [0.2, 0.25) is 0 Å². The first-order valence-corrected chi connectivity index (χ1v) is 9.84. The van der Waals surface area contributed by atoms with Crippen molar-refractivity contribution in [2.45, 2.75) is 58.6 Å². The molecule has 1 unspecified atom stereocenters. The van der Waals surface area contributed by atoms with Crippen molar-refractivity contribution in [3.05, 3.63) is 0 Å². The molecule has 0 radical (unpaired) electrons. The summed E-state index contributed by atoms with van der Waals surface area (Å²) < 4.78 is 11.4. The number of rotatable bonds is 10. The molecule has 1 rings (SSSR count). The Labute approximate surface area is 177 Å². The highest BCUT2D eigenvalue weighted by Gasteiger charge is 2.34. The lowest BCUT2D eigenvalue weighted by atomic mass is 9.89. The van der Waals surface area contributed by atoms with Crippen LogP contribution in [-0.2, 0) is 9.47 Å². The maximum atomic E-state index is 5.83. The molecule has 0 aliphatic carbocycles. The minimum atomic E-state index is 0. The highest BCUT2D eigenvalue weighted by atomic mass is 127. The smallest absolute Gasteiger partial charge is 0.191 e. The Kier molecular flexibility index (Phi) is 13.9. The largest absolute Gasteiger partial charge is 0.381 e. The van der Waals surface area contributed by atoms with E-state index in [0.717, 1.165) is 64.7 Å². The van der Waals surface area contributed by atoms with Crippen LogP contribution in [0.1, 0.15) is 47.0 Å². The number of aliphatic imine (C=N–C) groups is 1. The van der Waals surface area contributed by atoms with Crippen molar-refractivity contribution in [2.24, 2.45) is 10.9 Å². The molecule has 0 amide bonds. The second-order valence-electron chi connectivity index (χ2n) is 7.38. The summed E-state index contributed by atoms with van der Waals surface area (Å²) in [5.74, 6) is 1.43. The van der Waals surface area contributed by atoms with Crippen LogP contribution in [0.25, 0.3) is 0 Å². The van der Waals surface area contributed by atoms with E-state index in [9.17, 15) is 0 Å². The van der Waals surface area contributed by atoms with Crippen molar-refractivity contribution >= 4 is 29.9 Å². The molecule has 7 heteroatoms. The van der Waals surface area contributed by atoms with Gasteiger partial charge >= 0.3 is 0 Å². The monoisotopic (exact) mass is 484 g/mol. The Morgan fingerprint density at radius 1 is 1.19 bits per heavy atom. The fraction of sp³-hybridized carbons (Fsp3) is 0.947. The van der Waals surface area contributed by atoms with Gasteiger partial charge in [-0.1, -0.05) is 13.8 Å². The molecular formula is C19H41IN4O2. The number of hydrogen-bond donors (Lipinski definition) is 2. The molecule has 1 fully saturated rings. The number of nitrogens with one attached hydrogen (secondary N) is 2. The van der Waals surface area contributed by atoms with Gasteiger partial charge in [-0.25, -0.2) is 0 Å². The molecule has 2 N–H and O–H groups in total. The molecule has 0 bridgehead atoms. The number of guanidine groups is 1. The molecule has 1 heterocycles. The Bertz CT molecular complexity index is 386. The number of nitrogens with zero attached hydrogens (tertiary/aromatic N) is 2. The molecule has 156 valence electrons. The van der Waals surface area contributed by atoms with Crippen LogP contribution in [0, 0.1) is 5.92 Å². The van der Waals surface area contributed by atoms with E-state index in [2.05, 4.69) is 57.3 Å². The van der Waals surface area contributed by atoms with E-state index >= 15 is 0 Å². The van der Waals surface area contributed by atoms with Crippen LogP contribution in [0.3, 0.4) is 0 Å². The van der Waals surface area contributed by atoms with E-state index in [0.29, 0.717) is 12.0 Å². The van der Waals surface area contributed by atoms with E-state index in [1.165, 1.54) is 0 Å². The second kappa shape index (κ2) is 14.0. The average molecular weight is 484 g/mol. The van der Waals surface area contributed by atoms with Crippen LogP contribution in [0.15, 0.2) is 4.99 Å². The normalized spacial score (nSPS) is 18.5. The van der Waals surface area contributed by atoms with Gasteiger partial charge < -0.3 is 25.0 Å². The van der Waals surface area contributed by atoms with Crippen LogP contribution in [0.4, 0.5) is 0 Å². The Balaban J connectivity index is 0.00000625. The van der Waals surface area contributed by atoms with Gasteiger partial charge in [-0.15, -0.1) is 24.0 Å². The van der Waals surface area contributed by atoms with Crippen LogP contribution in [0.2, 0.25) is 0 Å². The van der Waals surface area contributed by atoms with Crippen molar-refractivity contribution in [3.63, 3.8) is 0 Å². The van der Waals surface area contributed by atoms with Crippen molar-refractivity contribution in [1.82, 2.24) is 15.5 Å². The molecule has 6 nitrogen and oxygen atoms in total. The number of halogens is 1. The second-order valence-corrected chi connectivity index (χ2v) is 7.38. The lowest BCUT2D eigenvalue weighted by Gasteiger charge is -2.41. The van der Waals surface area contributed by atoms with E-state index in [1.807, 2.05) is 0 Å². The van der Waals surface area contributed by atoms with Crippen LogP contribution < -0.4 is 10.6 Å². The molecule has 0 spiro atoms. The van der Waals surface area contributed by atoms with Gasteiger partial charge in [0, 0.05) is 38.4 Å². The SMILES string of the molecule is CCNC(=NCC1(N(C)C)CCOCC1)NCCC(OCC)C(C)C.I. The predicted molar refractivity (Wildman–Crippen MR) is 121 cm³/mol. The van der Waals surface area contributed by atoms with E-state index in [-0.39, 0.29) is 29.5 Å². The molecule has 0 saturated carbocycles. The lowest BCUT2D eigenvalue weighted by molar-refractivity contribution is -0.00256. The Morgan fingerprint density at radius 3 is 2.35 bits per heavy atom. The zero-order chi connectivity index (χ0) is 18.7. The summed E-state index contributed by atoms with van der Waals surface area (Å²) in [4.78, 5) is 7.19. The van der Waals surface area contributed by atoms with Gasteiger partial charge in [0.1, 0.15) is 0 Å². The molecule has 1 aliphatic heterocycles. The molecule has 0 aromatic carbocycles. The number of likely N-dealkylation sites (N-methyl/N-ethyl adjacent to an activating group) is 1. The molecular weight excluding hydrogens is 443 g/mol. The topological polar surface area (TPSA) is 58.1 Å². The molecule has 1 aliphatic rings. The van der Waals surface area contributed by atoms with Gasteiger partial charge in [0.05, 0.1) is 12.6 Å². The van der Waals surface area contributed by atoms with Crippen LogP contribution >= 0.6 is 24.0 Å². The number of ether oxygens (including phenoxy) is 2. The lowest BCUT2D eigenvalue weighted by Crippen LogP contribution is -2.51.